The zero-order valence-electron chi connectivity index (χ0n) is 19.0. The fourth-order valence-corrected chi connectivity index (χ4v) is 5.61. The predicted octanol–water partition coefficient (Wildman–Crippen LogP) is 3.62. The fraction of sp³-hybridized carbons (Fsp3) is 0.560. The molecule has 2 aliphatic heterocycles. The van der Waals surface area contributed by atoms with Gasteiger partial charge in [0.2, 0.25) is 0 Å². The van der Waals surface area contributed by atoms with Crippen LogP contribution in [-0.4, -0.2) is 54.2 Å². The maximum atomic E-state index is 12.2. The Labute approximate surface area is 194 Å². The van der Waals surface area contributed by atoms with Gasteiger partial charge < -0.3 is 25.8 Å². The number of aromatic hydroxyl groups is 1. The molecule has 0 aliphatic carbocycles. The fourth-order valence-electron chi connectivity index (χ4n) is 4.98. The third-order valence-corrected chi connectivity index (χ3v) is 7.85. The molecule has 174 valence electrons. The molecular weight excluding hydrogens is 422 g/mol. The summed E-state index contributed by atoms with van der Waals surface area (Å²) in [5, 5.41) is 15.7. The van der Waals surface area contributed by atoms with Gasteiger partial charge in [-0.05, 0) is 74.7 Å². The van der Waals surface area contributed by atoms with Gasteiger partial charge in [0.25, 0.3) is 5.91 Å². The number of ether oxygens (including phenoxy) is 1. The zero-order chi connectivity index (χ0) is 22.7. The van der Waals surface area contributed by atoms with E-state index in [1.807, 2.05) is 30.5 Å². The number of hydrogen-bond acceptors (Lipinski definition) is 6. The number of piperidine rings is 1. The van der Waals surface area contributed by atoms with Gasteiger partial charge in [0, 0.05) is 31.1 Å². The molecule has 1 aromatic heterocycles. The summed E-state index contributed by atoms with van der Waals surface area (Å²) in [5.41, 5.74) is 8.99. The highest BCUT2D eigenvalue weighted by atomic mass is 32.1. The number of carbonyl (C=O) groups is 1. The minimum Gasteiger partial charge on any atom is -0.507 e. The lowest BCUT2D eigenvalue weighted by atomic mass is 9.83. The Bertz CT molecular complexity index is 909. The SMILES string of the molecule is Cc1ccc2c(c1O)C[C@@H](C1CCN(CCC(C)NC(=O)c3cccs3)CC1)O[C@H]2CN. The molecule has 6 nitrogen and oxygen atoms in total. The van der Waals surface area contributed by atoms with E-state index in [-0.39, 0.29) is 24.2 Å². The number of amides is 1. The average Bonchev–Trinajstić information content (AvgIpc) is 3.35. The van der Waals surface area contributed by atoms with Gasteiger partial charge in [0.1, 0.15) is 5.75 Å². The number of phenols is 1. The highest BCUT2D eigenvalue weighted by Gasteiger charge is 2.35. The first-order chi connectivity index (χ1) is 15.5. The first-order valence-electron chi connectivity index (χ1n) is 11.7. The maximum absolute atomic E-state index is 12.2. The number of benzene rings is 1. The van der Waals surface area contributed by atoms with Crippen LogP contribution in [-0.2, 0) is 11.2 Å². The predicted molar refractivity (Wildman–Crippen MR) is 128 cm³/mol. The normalized spacial score (nSPS) is 23.0. The van der Waals surface area contributed by atoms with Gasteiger partial charge in [-0.25, -0.2) is 0 Å². The van der Waals surface area contributed by atoms with Crippen molar-refractivity contribution < 1.29 is 14.6 Å². The number of nitrogens with zero attached hydrogens (tertiary/aromatic N) is 1. The van der Waals surface area contributed by atoms with E-state index in [9.17, 15) is 9.90 Å². The summed E-state index contributed by atoms with van der Waals surface area (Å²) < 4.78 is 6.41. The summed E-state index contributed by atoms with van der Waals surface area (Å²) in [6, 6.07) is 7.92. The van der Waals surface area contributed by atoms with Crippen molar-refractivity contribution in [2.24, 2.45) is 11.7 Å². The van der Waals surface area contributed by atoms with Crippen LogP contribution < -0.4 is 11.1 Å². The van der Waals surface area contributed by atoms with Crippen LogP contribution in [0.5, 0.6) is 5.75 Å². The summed E-state index contributed by atoms with van der Waals surface area (Å²) in [5.74, 6) is 0.906. The molecule has 1 fully saturated rings. The number of hydrogen-bond donors (Lipinski definition) is 3. The van der Waals surface area contributed by atoms with Gasteiger partial charge in [-0.3, -0.25) is 4.79 Å². The monoisotopic (exact) mass is 457 g/mol. The lowest BCUT2D eigenvalue weighted by Crippen LogP contribution is -2.43. The first kappa shape index (κ1) is 23.2. The molecule has 3 heterocycles. The smallest absolute Gasteiger partial charge is 0.261 e. The number of carbonyl (C=O) groups excluding carboxylic acids is 1. The van der Waals surface area contributed by atoms with Crippen molar-refractivity contribution in [3.63, 3.8) is 0 Å². The van der Waals surface area contributed by atoms with E-state index in [1.165, 1.54) is 11.3 Å². The topological polar surface area (TPSA) is 87.8 Å². The van der Waals surface area contributed by atoms with Crippen molar-refractivity contribution in [3.05, 3.63) is 51.2 Å². The van der Waals surface area contributed by atoms with Crippen LogP contribution in [0.25, 0.3) is 0 Å². The van der Waals surface area contributed by atoms with Crippen LogP contribution in [0.2, 0.25) is 0 Å². The average molecular weight is 458 g/mol. The van der Waals surface area contributed by atoms with Crippen LogP contribution in [0, 0.1) is 12.8 Å². The molecule has 0 spiro atoms. The van der Waals surface area contributed by atoms with E-state index < -0.39 is 0 Å². The molecule has 32 heavy (non-hydrogen) atoms. The molecule has 4 rings (SSSR count). The van der Waals surface area contributed by atoms with Crippen molar-refractivity contribution in [3.8, 4) is 5.75 Å². The number of likely N-dealkylation sites (tertiary alicyclic amines) is 1. The van der Waals surface area contributed by atoms with Gasteiger partial charge >= 0.3 is 0 Å². The minimum atomic E-state index is -0.138. The van der Waals surface area contributed by atoms with E-state index in [0.717, 1.165) is 66.9 Å². The van der Waals surface area contributed by atoms with Crippen LogP contribution in [0.3, 0.4) is 0 Å². The third-order valence-electron chi connectivity index (χ3n) is 6.98. The number of aryl methyl sites for hydroxylation is 1. The number of thiophene rings is 1. The van der Waals surface area contributed by atoms with Gasteiger partial charge in [-0.1, -0.05) is 18.2 Å². The molecule has 1 unspecified atom stereocenters. The molecule has 1 saturated heterocycles. The minimum absolute atomic E-state index is 0.0221. The maximum Gasteiger partial charge on any atom is 0.261 e. The summed E-state index contributed by atoms with van der Waals surface area (Å²) in [6.45, 7) is 7.51. The van der Waals surface area contributed by atoms with Crippen LogP contribution >= 0.6 is 11.3 Å². The zero-order valence-corrected chi connectivity index (χ0v) is 19.9. The van der Waals surface area contributed by atoms with Crippen molar-refractivity contribution >= 4 is 17.2 Å². The summed E-state index contributed by atoms with van der Waals surface area (Å²) in [4.78, 5) is 15.5. The van der Waals surface area contributed by atoms with E-state index >= 15 is 0 Å². The third kappa shape index (κ3) is 5.17. The molecule has 0 bridgehead atoms. The Morgan fingerprint density at radius 3 is 2.81 bits per heavy atom. The van der Waals surface area contributed by atoms with Crippen LogP contribution in [0.4, 0.5) is 0 Å². The Morgan fingerprint density at radius 1 is 1.34 bits per heavy atom. The number of phenolic OH excluding ortho intramolecular Hbond substituents is 1. The summed E-state index contributed by atoms with van der Waals surface area (Å²) in [6.07, 6.45) is 3.84. The molecule has 1 aromatic carbocycles. The Balaban J connectivity index is 1.26. The number of nitrogens with two attached hydrogens (primary N) is 1. The quantitative estimate of drug-likeness (QED) is 0.591. The molecule has 1 amide bonds. The molecule has 7 heteroatoms. The van der Waals surface area contributed by atoms with E-state index in [2.05, 4.69) is 23.2 Å². The second-order valence-electron chi connectivity index (χ2n) is 9.22. The first-order valence-corrected chi connectivity index (χ1v) is 12.6. The lowest BCUT2D eigenvalue weighted by molar-refractivity contribution is -0.0647. The van der Waals surface area contributed by atoms with Crippen LogP contribution in [0.15, 0.2) is 29.6 Å². The standard InChI is InChI=1S/C25H35N3O3S/c1-16-5-6-19-20(24(16)29)14-21(31-22(19)15-26)18-8-11-28(12-9-18)10-7-17(2)27-25(30)23-4-3-13-32-23/h3-6,13,17-18,21-22,29H,7-12,14-15,26H2,1-2H3,(H,27,30)/t17?,21-,22-/m0/s1. The van der Waals surface area contributed by atoms with Crippen molar-refractivity contribution in [2.75, 3.05) is 26.2 Å². The second kappa shape index (κ2) is 10.3. The Morgan fingerprint density at radius 2 is 2.12 bits per heavy atom. The van der Waals surface area contributed by atoms with Gasteiger partial charge in [0.05, 0.1) is 17.1 Å². The summed E-state index contributed by atoms with van der Waals surface area (Å²) in [7, 11) is 0. The van der Waals surface area contributed by atoms with Gasteiger partial charge in [-0.15, -0.1) is 11.3 Å². The Hall–Kier alpha value is -1.93. The van der Waals surface area contributed by atoms with Crippen molar-refractivity contribution in [2.45, 2.75) is 57.8 Å². The highest BCUT2D eigenvalue weighted by molar-refractivity contribution is 7.12. The van der Waals surface area contributed by atoms with Crippen molar-refractivity contribution in [1.82, 2.24) is 10.2 Å². The molecule has 3 atom stereocenters. The van der Waals surface area contributed by atoms with Crippen molar-refractivity contribution in [1.29, 1.82) is 0 Å². The molecular formula is C25H35N3O3S. The lowest BCUT2D eigenvalue weighted by Gasteiger charge is -2.40. The van der Waals surface area contributed by atoms with E-state index in [1.54, 1.807) is 0 Å². The number of fused-ring (bicyclic) bond motifs is 1. The van der Waals surface area contributed by atoms with Gasteiger partial charge in [0.15, 0.2) is 0 Å². The van der Waals surface area contributed by atoms with Gasteiger partial charge in [-0.2, -0.15) is 0 Å². The number of rotatable bonds is 7. The second-order valence-corrected chi connectivity index (χ2v) is 10.2. The number of nitrogens with one attached hydrogen (secondary N) is 1. The molecule has 0 radical (unpaired) electrons. The molecule has 2 aromatic rings. The highest BCUT2D eigenvalue weighted by Crippen LogP contribution is 2.40. The molecule has 2 aliphatic rings. The van der Waals surface area contributed by atoms with Crippen LogP contribution in [0.1, 0.15) is 58.7 Å². The largest absolute Gasteiger partial charge is 0.507 e. The molecule has 4 N–H and O–H groups in total. The molecule has 0 saturated carbocycles. The van der Waals surface area contributed by atoms with E-state index in [4.69, 9.17) is 10.5 Å². The summed E-state index contributed by atoms with van der Waals surface area (Å²) >= 11 is 1.47. The van der Waals surface area contributed by atoms with E-state index in [0.29, 0.717) is 18.2 Å². The Kier molecular flexibility index (Phi) is 7.51.